The second-order valence-corrected chi connectivity index (χ2v) is 20.6. The molecule has 0 N–H and O–H groups in total. The number of anilines is 3. The van der Waals surface area contributed by atoms with Crippen LogP contribution in [0.3, 0.4) is 0 Å². The standard InChI is InChI=1S/C50H49N5O6S2/c1-30-17-38-40(51-26-36-21-33-11-7-9-13-42(33)54(36)48(38)57)24-44(30)60-28-31-18-32(20-35(19-31)53(4)47(56)15-16-50(2,3)63(6)62)29-61-46-25-41-39(23-45(46)59-5)49(58)55-37(27-52-41)22-34-12-8-10-14-43(34)55/h7-14,17-20,23-27,36-37H,15-16,21-22,28-29H2,1-6H3/t36-,37-,63?/m0/s1. The summed E-state index contributed by atoms with van der Waals surface area (Å²) in [4.78, 5) is 56.6. The van der Waals surface area contributed by atoms with Gasteiger partial charge < -0.3 is 19.1 Å². The van der Waals surface area contributed by atoms with Crippen LogP contribution in [-0.2, 0) is 51.5 Å². The molecule has 3 atom stereocenters. The molecule has 0 aromatic heterocycles. The molecule has 322 valence electrons. The number of benzene rings is 5. The summed E-state index contributed by atoms with van der Waals surface area (Å²) in [7, 11) is 3.06. The van der Waals surface area contributed by atoms with Crippen LogP contribution in [0.5, 0.6) is 17.2 Å². The maximum Gasteiger partial charge on any atom is 0.261 e. The third-order valence-corrected chi connectivity index (χ3v) is 15.7. The van der Waals surface area contributed by atoms with E-state index < -0.39 is 0 Å². The number of carbonyl (C=O) groups excluding carboxylic acids is 3. The number of aryl methyl sites for hydroxylation is 1. The van der Waals surface area contributed by atoms with Crippen molar-refractivity contribution >= 4 is 79.2 Å². The normalized spacial score (nSPS) is 17.4. The molecule has 0 radical (unpaired) electrons. The average Bonchev–Trinajstić information content (AvgIpc) is 3.77. The quantitative estimate of drug-likeness (QED) is 0.123. The summed E-state index contributed by atoms with van der Waals surface area (Å²) in [6, 6.07) is 28.6. The number of rotatable bonds is 12. The van der Waals surface area contributed by atoms with E-state index in [0.29, 0.717) is 71.1 Å². The van der Waals surface area contributed by atoms with Crippen molar-refractivity contribution in [3.05, 3.63) is 130 Å². The zero-order chi connectivity index (χ0) is 44.2. The molecule has 0 spiro atoms. The lowest BCUT2D eigenvalue weighted by molar-refractivity contribution is -0.118. The third-order valence-electron chi connectivity index (χ3n) is 12.6. The van der Waals surface area contributed by atoms with E-state index in [1.165, 1.54) is 0 Å². The first kappa shape index (κ1) is 42.1. The van der Waals surface area contributed by atoms with Gasteiger partial charge in [0.1, 0.15) is 19.0 Å². The second kappa shape index (κ2) is 16.8. The molecule has 5 aromatic carbocycles. The highest BCUT2D eigenvalue weighted by atomic mass is 32.8. The number of amides is 3. The molecule has 0 aliphatic carbocycles. The lowest BCUT2D eigenvalue weighted by Crippen LogP contribution is -2.37. The molecule has 13 heteroatoms. The number of fused-ring (bicyclic) bond motifs is 8. The molecule has 0 bridgehead atoms. The van der Waals surface area contributed by atoms with Crippen LogP contribution in [0, 0.1) is 6.92 Å². The van der Waals surface area contributed by atoms with E-state index in [1.807, 2.05) is 103 Å². The third kappa shape index (κ3) is 8.04. The molecule has 0 saturated carbocycles. The summed E-state index contributed by atoms with van der Waals surface area (Å²) < 4.78 is 18.6. The Morgan fingerprint density at radius 2 is 1.30 bits per heavy atom. The van der Waals surface area contributed by atoms with Crippen LogP contribution < -0.4 is 28.9 Å². The van der Waals surface area contributed by atoms with Gasteiger partial charge in [0.15, 0.2) is 11.5 Å². The summed E-state index contributed by atoms with van der Waals surface area (Å²) in [5.74, 6) is 1.17. The Kier molecular flexibility index (Phi) is 11.3. The smallest absolute Gasteiger partial charge is 0.261 e. The highest BCUT2D eigenvalue weighted by Crippen LogP contribution is 2.42. The minimum Gasteiger partial charge on any atom is -0.493 e. The van der Waals surface area contributed by atoms with Crippen molar-refractivity contribution in [1.29, 1.82) is 0 Å². The van der Waals surface area contributed by atoms with Gasteiger partial charge in [-0.05, 0) is 89.9 Å². The van der Waals surface area contributed by atoms with Crippen LogP contribution in [0.1, 0.15) is 75.2 Å². The van der Waals surface area contributed by atoms with E-state index in [1.54, 1.807) is 36.1 Å². The molecule has 1 unspecified atom stereocenters. The summed E-state index contributed by atoms with van der Waals surface area (Å²) in [5.41, 5.74) is 9.15. The number of nitrogens with zero attached hydrogens (tertiary/aromatic N) is 5. The maximum absolute atomic E-state index is 14.0. The van der Waals surface area contributed by atoms with E-state index >= 15 is 0 Å². The van der Waals surface area contributed by atoms with Gasteiger partial charge in [-0.15, -0.1) is 9.45 Å². The van der Waals surface area contributed by atoms with Crippen LogP contribution in [0.25, 0.3) is 0 Å². The largest absolute Gasteiger partial charge is 0.493 e. The van der Waals surface area contributed by atoms with Gasteiger partial charge in [-0.3, -0.25) is 34.2 Å². The fourth-order valence-corrected chi connectivity index (χ4v) is 9.32. The number of methoxy groups -OCH3 is 1. The Morgan fingerprint density at radius 1 is 0.778 bits per heavy atom. The van der Waals surface area contributed by atoms with Gasteiger partial charge in [-0.25, -0.2) is 0 Å². The van der Waals surface area contributed by atoms with Crippen LogP contribution in [-0.4, -0.2) is 67.4 Å². The summed E-state index contributed by atoms with van der Waals surface area (Å²) in [5, 5.41) is 0. The highest BCUT2D eigenvalue weighted by Gasteiger charge is 2.38. The fourth-order valence-electron chi connectivity index (χ4n) is 8.68. The molecular weight excluding hydrogens is 831 g/mol. The SMILES string of the molecule is COc1cc2c(cc1OCc1cc(COc3cc4c(cc3C)C(=O)N3c5ccccc5C[C@H]3C=N4)cc(N(C)C(=O)CCC(C)(C)S(C)=S)c1)N=C[C@@H]1Cc3ccccc3N1C2=O. The van der Waals surface area contributed by atoms with E-state index in [2.05, 4.69) is 19.9 Å². The van der Waals surface area contributed by atoms with Gasteiger partial charge in [0.2, 0.25) is 5.91 Å². The lowest BCUT2D eigenvalue weighted by atomic mass is 10.1. The number of aliphatic imine (C=N–C) groups is 2. The molecule has 3 amide bonds. The summed E-state index contributed by atoms with van der Waals surface area (Å²) in [6.45, 7) is 6.43. The second-order valence-electron chi connectivity index (χ2n) is 17.1. The number of hydrogen-bond acceptors (Lipinski definition) is 9. The first-order chi connectivity index (χ1) is 30.3. The Labute approximate surface area is 375 Å². The Morgan fingerprint density at radius 3 is 1.86 bits per heavy atom. The fraction of sp³-hybridized carbons (Fsp3) is 0.300. The molecule has 0 fully saturated rings. The van der Waals surface area contributed by atoms with Crippen molar-refractivity contribution in [2.24, 2.45) is 9.98 Å². The van der Waals surface area contributed by atoms with Crippen molar-refractivity contribution in [3.63, 3.8) is 0 Å². The van der Waals surface area contributed by atoms with Gasteiger partial charge in [0, 0.05) is 72.7 Å². The zero-order valence-corrected chi connectivity index (χ0v) is 37.8. The summed E-state index contributed by atoms with van der Waals surface area (Å²) in [6.07, 6.45) is 8.14. The van der Waals surface area contributed by atoms with Gasteiger partial charge in [0.05, 0.1) is 41.7 Å². The molecule has 11 nitrogen and oxygen atoms in total. The van der Waals surface area contributed by atoms with Crippen LogP contribution in [0.4, 0.5) is 28.4 Å². The van der Waals surface area contributed by atoms with E-state index in [-0.39, 0.29) is 57.2 Å². The molecule has 63 heavy (non-hydrogen) atoms. The predicted molar refractivity (Wildman–Crippen MR) is 254 cm³/mol. The van der Waals surface area contributed by atoms with Crippen molar-refractivity contribution < 1.29 is 28.6 Å². The van der Waals surface area contributed by atoms with Crippen molar-refractivity contribution in [3.8, 4) is 17.2 Å². The number of para-hydroxylation sites is 2. The monoisotopic (exact) mass is 879 g/mol. The molecule has 4 aliphatic heterocycles. The van der Waals surface area contributed by atoms with E-state index in [0.717, 1.165) is 39.2 Å². The lowest BCUT2D eigenvalue weighted by Gasteiger charge is -2.26. The molecule has 5 aromatic rings. The Bertz CT molecular complexity index is 2780. The minimum atomic E-state index is -0.273. The van der Waals surface area contributed by atoms with Crippen molar-refractivity contribution in [2.45, 2.75) is 76.5 Å². The van der Waals surface area contributed by atoms with E-state index in [9.17, 15) is 14.4 Å². The van der Waals surface area contributed by atoms with Crippen molar-refractivity contribution in [1.82, 2.24) is 0 Å². The predicted octanol–water partition coefficient (Wildman–Crippen LogP) is 8.97. The highest BCUT2D eigenvalue weighted by molar-refractivity contribution is 8.29. The molecular formula is C50H49N5O6S2. The number of ether oxygens (including phenoxy) is 3. The van der Waals surface area contributed by atoms with Gasteiger partial charge in [-0.1, -0.05) is 61.4 Å². The van der Waals surface area contributed by atoms with Crippen LogP contribution in [0.15, 0.2) is 101 Å². The van der Waals surface area contributed by atoms with Crippen LogP contribution >= 0.6 is 0 Å². The topological polar surface area (TPSA) is 113 Å². The zero-order valence-electron chi connectivity index (χ0n) is 36.2. The van der Waals surface area contributed by atoms with Gasteiger partial charge in [-0.2, -0.15) is 0 Å². The van der Waals surface area contributed by atoms with Gasteiger partial charge in [0.25, 0.3) is 11.8 Å². The molecule has 9 rings (SSSR count). The Balaban J connectivity index is 0.981. The Hall–Kier alpha value is -6.18. The number of carbonyl (C=O) groups is 3. The number of hydrogen-bond donors (Lipinski definition) is 0. The average molecular weight is 880 g/mol. The summed E-state index contributed by atoms with van der Waals surface area (Å²) >= 11 is 5.60. The van der Waals surface area contributed by atoms with Crippen molar-refractivity contribution in [2.75, 3.05) is 35.1 Å². The molecule has 4 heterocycles. The minimum absolute atomic E-state index is 0.0289. The maximum atomic E-state index is 14.0. The van der Waals surface area contributed by atoms with Crippen LogP contribution in [0.2, 0.25) is 0 Å². The van der Waals surface area contributed by atoms with E-state index in [4.69, 9.17) is 35.4 Å². The molecule has 0 saturated heterocycles. The first-order valence-corrected chi connectivity index (χ1v) is 23.6. The molecule has 4 aliphatic rings. The van der Waals surface area contributed by atoms with Gasteiger partial charge >= 0.3 is 0 Å². The first-order valence-electron chi connectivity index (χ1n) is 21.1.